The van der Waals surface area contributed by atoms with E-state index in [2.05, 4.69) is 27.7 Å². The molecule has 0 aromatic heterocycles. The molecule has 0 aromatic carbocycles. The Bertz CT molecular complexity index is 611. The fourth-order valence-electron chi connectivity index (χ4n) is 7.46. The van der Waals surface area contributed by atoms with Gasteiger partial charge in [-0.2, -0.15) is 0 Å². The number of rotatable bonds is 0. The van der Waals surface area contributed by atoms with Crippen LogP contribution in [-0.2, 0) is 14.3 Å². The molecule has 1 aliphatic heterocycles. The van der Waals surface area contributed by atoms with E-state index in [0.29, 0.717) is 12.3 Å². The number of hydrogen-bond donors (Lipinski definition) is 1. The quantitative estimate of drug-likeness (QED) is 0.691. The zero-order valence-electron chi connectivity index (χ0n) is 15.4. The molecule has 0 spiro atoms. The molecule has 4 heteroatoms. The van der Waals surface area contributed by atoms with Crippen molar-refractivity contribution in [2.24, 2.45) is 34.0 Å². The van der Waals surface area contributed by atoms with E-state index in [1.54, 1.807) is 0 Å². The molecule has 0 unspecified atom stereocenters. The molecule has 24 heavy (non-hydrogen) atoms. The highest BCUT2D eigenvalue weighted by Crippen LogP contribution is 2.69. The first-order valence-electron chi connectivity index (χ1n) is 9.48. The molecule has 1 heterocycles. The van der Waals surface area contributed by atoms with E-state index in [0.717, 1.165) is 19.3 Å². The van der Waals surface area contributed by atoms with Gasteiger partial charge in [0.1, 0.15) is 12.5 Å². The van der Waals surface area contributed by atoms with Crippen LogP contribution in [0.3, 0.4) is 0 Å². The number of ketones is 1. The van der Waals surface area contributed by atoms with Crippen LogP contribution < -0.4 is 0 Å². The number of ether oxygens (including phenoxy) is 1. The Hall–Kier alpha value is -0.900. The first-order chi connectivity index (χ1) is 11.1. The molecule has 3 saturated carbocycles. The number of carbonyl (C=O) groups is 2. The molecule has 1 N–H and O–H groups in total. The van der Waals surface area contributed by atoms with Crippen molar-refractivity contribution in [3.05, 3.63) is 0 Å². The summed E-state index contributed by atoms with van der Waals surface area (Å²) < 4.78 is 5.19. The average molecular weight is 334 g/mol. The highest BCUT2D eigenvalue weighted by molar-refractivity contribution is 5.97. The molecule has 0 radical (unpaired) electrons. The van der Waals surface area contributed by atoms with Crippen LogP contribution in [0.15, 0.2) is 0 Å². The SMILES string of the molecule is CC1(C)CCC[C@]2(C)[C@H]3CC(=O)[C@@]4(O)COC(=O)[C@H]4[C@]3(C)CC[C@@H]12. The summed E-state index contributed by atoms with van der Waals surface area (Å²) in [4.78, 5) is 25.3. The maximum absolute atomic E-state index is 12.8. The van der Waals surface area contributed by atoms with Gasteiger partial charge in [-0.3, -0.25) is 9.59 Å². The maximum Gasteiger partial charge on any atom is 0.313 e. The van der Waals surface area contributed by atoms with Crippen LogP contribution in [-0.4, -0.2) is 29.1 Å². The van der Waals surface area contributed by atoms with Crippen molar-refractivity contribution in [3.8, 4) is 0 Å². The van der Waals surface area contributed by atoms with Crippen LogP contribution >= 0.6 is 0 Å². The summed E-state index contributed by atoms with van der Waals surface area (Å²) >= 11 is 0. The number of carbonyl (C=O) groups excluding carboxylic acids is 2. The summed E-state index contributed by atoms with van der Waals surface area (Å²) in [5.41, 5.74) is -1.58. The molecule has 0 aromatic rings. The minimum atomic E-state index is -1.59. The molecule has 0 bridgehead atoms. The zero-order valence-corrected chi connectivity index (χ0v) is 15.4. The second-order valence-corrected chi connectivity index (χ2v) is 10.1. The maximum atomic E-state index is 12.8. The Balaban J connectivity index is 1.82. The van der Waals surface area contributed by atoms with Crippen LogP contribution in [0.5, 0.6) is 0 Å². The third-order valence-corrected chi connectivity index (χ3v) is 8.52. The largest absolute Gasteiger partial charge is 0.462 e. The Morgan fingerprint density at radius 1 is 1.00 bits per heavy atom. The van der Waals surface area contributed by atoms with E-state index in [9.17, 15) is 14.7 Å². The van der Waals surface area contributed by atoms with Gasteiger partial charge in [-0.25, -0.2) is 0 Å². The lowest BCUT2D eigenvalue weighted by Crippen LogP contribution is -2.66. The summed E-state index contributed by atoms with van der Waals surface area (Å²) in [7, 11) is 0. The lowest BCUT2D eigenvalue weighted by molar-refractivity contribution is -0.202. The van der Waals surface area contributed by atoms with Crippen LogP contribution in [0.4, 0.5) is 0 Å². The Labute approximate surface area is 144 Å². The second kappa shape index (κ2) is 4.63. The number of cyclic esters (lactones) is 1. The van der Waals surface area contributed by atoms with Gasteiger partial charge >= 0.3 is 5.97 Å². The second-order valence-electron chi connectivity index (χ2n) is 10.1. The third-order valence-electron chi connectivity index (χ3n) is 8.52. The van der Waals surface area contributed by atoms with Gasteiger partial charge in [-0.15, -0.1) is 0 Å². The predicted molar refractivity (Wildman–Crippen MR) is 89.1 cm³/mol. The molecule has 0 amide bonds. The molecular formula is C20H30O4. The lowest BCUT2D eigenvalue weighted by atomic mass is 9.38. The van der Waals surface area contributed by atoms with E-state index >= 15 is 0 Å². The van der Waals surface area contributed by atoms with Crippen molar-refractivity contribution in [3.63, 3.8) is 0 Å². The Kier molecular flexibility index (Phi) is 3.19. The first kappa shape index (κ1) is 16.6. The molecule has 4 fully saturated rings. The average Bonchev–Trinajstić information content (AvgIpc) is 2.79. The van der Waals surface area contributed by atoms with Crippen LogP contribution in [0.2, 0.25) is 0 Å². The van der Waals surface area contributed by atoms with Crippen molar-refractivity contribution in [1.82, 2.24) is 0 Å². The van der Waals surface area contributed by atoms with E-state index in [1.807, 2.05) is 0 Å². The Morgan fingerprint density at radius 2 is 1.71 bits per heavy atom. The fraction of sp³-hybridized carbons (Fsp3) is 0.900. The van der Waals surface area contributed by atoms with Crippen molar-refractivity contribution >= 4 is 11.8 Å². The van der Waals surface area contributed by atoms with E-state index in [4.69, 9.17) is 4.74 Å². The van der Waals surface area contributed by atoms with Gasteiger partial charge in [0.15, 0.2) is 11.4 Å². The minimum Gasteiger partial charge on any atom is -0.462 e. The summed E-state index contributed by atoms with van der Waals surface area (Å²) in [6.45, 7) is 9.06. The third kappa shape index (κ3) is 1.79. The van der Waals surface area contributed by atoms with E-state index in [-0.39, 0.29) is 40.5 Å². The number of esters is 1. The number of aliphatic hydroxyl groups is 1. The highest BCUT2D eigenvalue weighted by atomic mass is 16.6. The first-order valence-corrected chi connectivity index (χ1v) is 9.48. The monoisotopic (exact) mass is 334 g/mol. The van der Waals surface area contributed by atoms with Gasteiger partial charge in [0.25, 0.3) is 0 Å². The molecule has 3 aliphatic carbocycles. The van der Waals surface area contributed by atoms with Gasteiger partial charge in [-0.1, -0.05) is 34.1 Å². The van der Waals surface area contributed by atoms with Crippen LogP contribution in [0.1, 0.15) is 66.2 Å². The van der Waals surface area contributed by atoms with Crippen molar-refractivity contribution in [2.75, 3.05) is 6.61 Å². The van der Waals surface area contributed by atoms with Gasteiger partial charge < -0.3 is 9.84 Å². The highest BCUT2D eigenvalue weighted by Gasteiger charge is 2.71. The lowest BCUT2D eigenvalue weighted by Gasteiger charge is -2.65. The standard InChI is InChI=1S/C20H30O4/c1-17(2)7-5-8-18(3)12(17)6-9-19(4)13(18)10-14(21)20(23)11-24-16(22)15(19)20/h12-13,15,23H,5-11H2,1-4H3/t12-,13+,15-,18-,19+,20-/m0/s1. The molecule has 1 saturated heterocycles. The van der Waals surface area contributed by atoms with Crippen molar-refractivity contribution < 1.29 is 19.4 Å². The van der Waals surface area contributed by atoms with E-state index in [1.165, 1.54) is 12.8 Å². The summed E-state index contributed by atoms with van der Waals surface area (Å²) in [5.74, 6) is -0.486. The molecular weight excluding hydrogens is 304 g/mol. The predicted octanol–water partition coefficient (Wildman–Crippen LogP) is 3.11. The van der Waals surface area contributed by atoms with Gasteiger partial charge in [-0.05, 0) is 53.8 Å². The van der Waals surface area contributed by atoms with Gasteiger partial charge in [0, 0.05) is 6.42 Å². The number of fused-ring (bicyclic) bond motifs is 5. The topological polar surface area (TPSA) is 63.6 Å². The molecule has 134 valence electrons. The normalized spacial score (nSPS) is 53.0. The van der Waals surface area contributed by atoms with Crippen molar-refractivity contribution in [2.45, 2.75) is 71.8 Å². The molecule has 4 rings (SSSR count). The summed E-state index contributed by atoms with van der Waals surface area (Å²) in [5, 5.41) is 10.9. The van der Waals surface area contributed by atoms with Crippen LogP contribution in [0.25, 0.3) is 0 Å². The smallest absolute Gasteiger partial charge is 0.313 e. The molecule has 4 aliphatic rings. The summed E-state index contributed by atoms with van der Waals surface area (Å²) in [6.07, 6.45) is 5.90. The fourth-order valence-corrected chi connectivity index (χ4v) is 7.46. The molecule has 6 atom stereocenters. The van der Waals surface area contributed by atoms with Gasteiger partial charge in [0.05, 0.1) is 0 Å². The number of Topliss-reactive ketones (excluding diaryl/α,β-unsaturated/α-hetero) is 1. The van der Waals surface area contributed by atoms with E-state index < -0.39 is 11.5 Å². The minimum absolute atomic E-state index is 0.0641. The van der Waals surface area contributed by atoms with Crippen LogP contribution in [0, 0.1) is 34.0 Å². The van der Waals surface area contributed by atoms with Crippen molar-refractivity contribution in [1.29, 1.82) is 0 Å². The van der Waals surface area contributed by atoms with Gasteiger partial charge in [0.2, 0.25) is 0 Å². The number of hydrogen-bond acceptors (Lipinski definition) is 4. The molecule has 4 nitrogen and oxygen atoms in total. The zero-order chi connectivity index (χ0) is 17.5. The Morgan fingerprint density at radius 3 is 2.42 bits per heavy atom. The summed E-state index contributed by atoms with van der Waals surface area (Å²) in [6, 6.07) is 0.